The highest BCUT2D eigenvalue weighted by atomic mass is 32.2. The number of nitrogens with zero attached hydrogens (tertiary/aromatic N) is 4. The Hall–Kier alpha value is -2.30. The molecule has 0 saturated heterocycles. The fourth-order valence-electron chi connectivity index (χ4n) is 1.26. The quantitative estimate of drug-likeness (QED) is 0.761. The Bertz CT molecular complexity index is 729. The van der Waals surface area contributed by atoms with E-state index in [4.69, 9.17) is 5.73 Å². The predicted molar refractivity (Wildman–Crippen MR) is 60.4 cm³/mol. The van der Waals surface area contributed by atoms with E-state index in [1.807, 2.05) is 4.72 Å². The van der Waals surface area contributed by atoms with Crippen molar-refractivity contribution in [3.8, 4) is 0 Å². The van der Waals surface area contributed by atoms with E-state index in [2.05, 4.69) is 15.4 Å². The van der Waals surface area contributed by atoms with Gasteiger partial charge in [0.1, 0.15) is 16.4 Å². The zero-order valence-corrected chi connectivity index (χ0v) is 10.3. The van der Waals surface area contributed by atoms with E-state index in [1.165, 1.54) is 7.05 Å². The third-order valence-electron chi connectivity index (χ3n) is 2.11. The van der Waals surface area contributed by atoms with Crippen LogP contribution in [0.4, 0.5) is 20.4 Å². The molecule has 2 aromatic rings. The van der Waals surface area contributed by atoms with Crippen molar-refractivity contribution in [2.75, 3.05) is 10.5 Å². The molecule has 1 heterocycles. The molecule has 0 aliphatic rings. The second-order valence-corrected chi connectivity index (χ2v) is 5.13. The number of hydrogen-bond donors (Lipinski definition) is 2. The second kappa shape index (κ2) is 4.42. The first kappa shape index (κ1) is 13.1. The smallest absolute Gasteiger partial charge is 0.277 e. The summed E-state index contributed by atoms with van der Waals surface area (Å²) in [5, 5.41) is 10.3. The van der Waals surface area contributed by atoms with Gasteiger partial charge in [-0.3, -0.25) is 0 Å². The molecule has 0 aliphatic carbocycles. The van der Waals surface area contributed by atoms with E-state index >= 15 is 0 Å². The average Bonchev–Trinajstić information content (AvgIpc) is 2.70. The maximum absolute atomic E-state index is 13.6. The number of rotatable bonds is 3. The first-order chi connectivity index (χ1) is 8.81. The van der Waals surface area contributed by atoms with Crippen LogP contribution in [0.3, 0.4) is 0 Å². The van der Waals surface area contributed by atoms with Gasteiger partial charge in [0.05, 0.1) is 7.05 Å². The van der Waals surface area contributed by atoms with Crippen LogP contribution in [0.2, 0.25) is 0 Å². The van der Waals surface area contributed by atoms with Gasteiger partial charge in [-0.15, -0.1) is 5.10 Å². The molecule has 1 aromatic heterocycles. The molecule has 3 N–H and O–H groups in total. The van der Waals surface area contributed by atoms with E-state index in [-0.39, 0.29) is 5.95 Å². The number of hydrogen-bond acceptors (Lipinski definition) is 6. The Morgan fingerprint density at radius 1 is 1.37 bits per heavy atom. The molecule has 0 atom stereocenters. The van der Waals surface area contributed by atoms with Gasteiger partial charge in [0.2, 0.25) is 0 Å². The van der Waals surface area contributed by atoms with Crippen LogP contribution in [0.25, 0.3) is 0 Å². The van der Waals surface area contributed by atoms with E-state index in [1.54, 1.807) is 0 Å². The van der Waals surface area contributed by atoms with Crippen LogP contribution in [-0.4, -0.2) is 28.6 Å². The molecular weight excluding hydrogens is 282 g/mol. The van der Waals surface area contributed by atoms with Crippen LogP contribution in [0.5, 0.6) is 0 Å². The number of halogens is 2. The summed E-state index contributed by atoms with van der Waals surface area (Å²) in [5.41, 5.74) is 4.21. The second-order valence-electron chi connectivity index (χ2n) is 3.48. The highest BCUT2D eigenvalue weighted by Gasteiger charge is 2.24. The minimum absolute atomic E-state index is 0.343. The fraction of sp³-hybridized carbons (Fsp3) is 0.125. The maximum atomic E-state index is 13.6. The lowest BCUT2D eigenvalue weighted by Gasteiger charge is -2.07. The van der Waals surface area contributed by atoms with Crippen molar-refractivity contribution in [2.45, 2.75) is 4.90 Å². The van der Waals surface area contributed by atoms with Gasteiger partial charge in [-0.2, -0.15) is 4.80 Å². The van der Waals surface area contributed by atoms with E-state index < -0.39 is 32.2 Å². The minimum Gasteiger partial charge on any atom is -0.394 e. The fourth-order valence-corrected chi connectivity index (χ4v) is 2.28. The van der Waals surface area contributed by atoms with Crippen molar-refractivity contribution in [1.82, 2.24) is 20.2 Å². The summed E-state index contributed by atoms with van der Waals surface area (Å²) in [5.74, 6) is -2.77. The largest absolute Gasteiger partial charge is 0.394 e. The van der Waals surface area contributed by atoms with Gasteiger partial charge in [-0.25, -0.2) is 21.9 Å². The zero-order valence-electron chi connectivity index (χ0n) is 9.50. The summed E-state index contributed by atoms with van der Waals surface area (Å²) in [6.07, 6.45) is 0. The molecule has 102 valence electrons. The molecule has 0 bridgehead atoms. The van der Waals surface area contributed by atoms with Crippen LogP contribution in [0, 0.1) is 11.6 Å². The maximum Gasteiger partial charge on any atom is 0.277 e. The molecule has 0 fully saturated rings. The number of nitrogens with one attached hydrogen (secondary N) is 1. The Morgan fingerprint density at radius 2 is 2.05 bits per heavy atom. The Kier molecular flexibility index (Phi) is 3.06. The topological polar surface area (TPSA) is 116 Å². The van der Waals surface area contributed by atoms with Crippen molar-refractivity contribution >= 4 is 21.7 Å². The number of anilines is 2. The average molecular weight is 290 g/mol. The summed E-state index contributed by atoms with van der Waals surface area (Å²) >= 11 is 0. The summed E-state index contributed by atoms with van der Waals surface area (Å²) in [7, 11) is -2.90. The van der Waals surface area contributed by atoms with Crippen molar-refractivity contribution in [1.29, 1.82) is 0 Å². The van der Waals surface area contributed by atoms with Crippen molar-refractivity contribution < 1.29 is 17.2 Å². The highest BCUT2D eigenvalue weighted by Crippen LogP contribution is 2.23. The van der Waals surface area contributed by atoms with Gasteiger partial charge in [-0.05, 0) is 17.3 Å². The summed E-state index contributed by atoms with van der Waals surface area (Å²) < 4.78 is 52.2. The molecular formula is C8H8F2N6O2S. The third kappa shape index (κ3) is 2.45. The molecule has 0 spiro atoms. The van der Waals surface area contributed by atoms with Gasteiger partial charge in [0.25, 0.3) is 16.0 Å². The number of aryl methyl sites for hydroxylation is 1. The SMILES string of the molecule is Cn1nnc(NS(=O)(=O)c2ccc(F)c(N)c2F)n1. The van der Waals surface area contributed by atoms with E-state index in [9.17, 15) is 17.2 Å². The number of nitrogens with two attached hydrogens (primary N) is 1. The van der Waals surface area contributed by atoms with E-state index in [0.717, 1.165) is 16.9 Å². The summed E-state index contributed by atoms with van der Waals surface area (Å²) in [4.78, 5) is 0.201. The molecule has 0 radical (unpaired) electrons. The molecule has 11 heteroatoms. The van der Waals surface area contributed by atoms with Gasteiger partial charge >= 0.3 is 0 Å². The lowest BCUT2D eigenvalue weighted by Crippen LogP contribution is -2.17. The Balaban J connectivity index is 2.43. The molecule has 19 heavy (non-hydrogen) atoms. The summed E-state index contributed by atoms with van der Waals surface area (Å²) in [6, 6.07) is 1.50. The lowest BCUT2D eigenvalue weighted by atomic mass is 10.3. The number of aromatic nitrogens is 4. The number of sulfonamides is 1. The normalized spacial score (nSPS) is 11.5. The highest BCUT2D eigenvalue weighted by molar-refractivity contribution is 7.92. The molecule has 0 unspecified atom stereocenters. The van der Waals surface area contributed by atoms with Crippen molar-refractivity contribution in [2.24, 2.45) is 7.05 Å². The Labute approximate surface area is 106 Å². The molecule has 8 nitrogen and oxygen atoms in total. The molecule has 0 amide bonds. The monoisotopic (exact) mass is 290 g/mol. The van der Waals surface area contributed by atoms with Crippen LogP contribution in [0.15, 0.2) is 17.0 Å². The zero-order chi connectivity index (χ0) is 14.2. The molecule has 0 aliphatic heterocycles. The third-order valence-corrected chi connectivity index (χ3v) is 3.46. The van der Waals surface area contributed by atoms with Gasteiger partial charge < -0.3 is 5.73 Å². The van der Waals surface area contributed by atoms with Crippen LogP contribution >= 0.6 is 0 Å². The van der Waals surface area contributed by atoms with Gasteiger partial charge in [0, 0.05) is 0 Å². The van der Waals surface area contributed by atoms with Crippen LogP contribution in [0.1, 0.15) is 0 Å². The number of nitrogen functional groups attached to an aromatic ring is 1. The molecule has 0 saturated carbocycles. The van der Waals surface area contributed by atoms with Crippen molar-refractivity contribution in [3.63, 3.8) is 0 Å². The number of tetrazole rings is 1. The van der Waals surface area contributed by atoms with Gasteiger partial charge in [-0.1, -0.05) is 5.10 Å². The first-order valence-electron chi connectivity index (χ1n) is 4.81. The molecule has 1 aromatic carbocycles. The van der Waals surface area contributed by atoms with Gasteiger partial charge in [0.15, 0.2) is 5.82 Å². The van der Waals surface area contributed by atoms with E-state index in [0.29, 0.717) is 0 Å². The summed E-state index contributed by atoms with van der Waals surface area (Å²) in [6.45, 7) is 0. The lowest BCUT2D eigenvalue weighted by molar-refractivity contribution is 0.557. The molecule has 2 rings (SSSR count). The van der Waals surface area contributed by atoms with Crippen LogP contribution < -0.4 is 10.5 Å². The minimum atomic E-state index is -4.32. The predicted octanol–water partition coefficient (Wildman–Crippen LogP) is -0.129. The standard InChI is InChI=1S/C8H8F2N6O2S/c1-16-13-8(12-15-16)14-19(17,18)5-3-2-4(9)7(11)6(5)10/h2-3H,11H2,1H3,(H,13,14). The number of benzene rings is 1. The first-order valence-corrected chi connectivity index (χ1v) is 6.30. The van der Waals surface area contributed by atoms with Crippen molar-refractivity contribution in [3.05, 3.63) is 23.8 Å². The van der Waals surface area contributed by atoms with Crippen LogP contribution in [-0.2, 0) is 17.1 Å². The Morgan fingerprint density at radius 3 is 2.63 bits per heavy atom.